The van der Waals surface area contributed by atoms with Gasteiger partial charge in [-0.3, -0.25) is 4.79 Å². The fraction of sp³-hybridized carbons (Fsp3) is 0.583. The van der Waals surface area contributed by atoms with Crippen molar-refractivity contribution in [3.05, 3.63) is 24.2 Å². The van der Waals surface area contributed by atoms with Crippen LogP contribution in [-0.2, 0) is 34.9 Å². The van der Waals surface area contributed by atoms with Gasteiger partial charge in [-0.25, -0.2) is 0 Å². The third-order valence-electron chi connectivity index (χ3n) is 3.64. The molecule has 4 atom stereocenters. The lowest BCUT2D eigenvalue weighted by atomic mass is 10.1. The Labute approximate surface area is 128 Å². The highest BCUT2D eigenvalue weighted by atomic mass is 32.5. The summed E-state index contributed by atoms with van der Waals surface area (Å²) in [4.78, 5) is 13.4. The van der Waals surface area contributed by atoms with Crippen molar-refractivity contribution in [2.24, 2.45) is 0 Å². The molecule has 1 amide bonds. The van der Waals surface area contributed by atoms with Crippen molar-refractivity contribution in [3.8, 4) is 0 Å². The molecule has 0 bridgehead atoms. The molecule has 21 heavy (non-hydrogen) atoms. The Hall–Kier alpha value is -0.760. The number of hydrogen-bond donors (Lipinski definition) is 1. The fourth-order valence-electron chi connectivity index (χ4n) is 2.49. The molecule has 0 aliphatic carbocycles. The van der Waals surface area contributed by atoms with E-state index in [1.165, 1.54) is 7.11 Å². The molecule has 0 aromatic heterocycles. The molecular formula is C12H17N2O5PS. The van der Waals surface area contributed by atoms with E-state index in [0.717, 1.165) is 0 Å². The van der Waals surface area contributed by atoms with Gasteiger partial charge in [-0.15, -0.1) is 0 Å². The predicted molar refractivity (Wildman–Crippen MR) is 78.3 cm³/mol. The number of carbonyl (C=O) groups excluding carboxylic acids is 1. The smallest absolute Gasteiger partial charge is 0.327 e. The largest absolute Gasteiger partial charge is 0.350 e. The number of fused-ring (bicyclic) bond motifs is 1. The molecule has 0 aromatic carbocycles. The Morgan fingerprint density at radius 2 is 2.33 bits per heavy atom. The molecule has 0 radical (unpaired) electrons. The summed E-state index contributed by atoms with van der Waals surface area (Å²) in [5.41, 5.74) is 0.597. The summed E-state index contributed by atoms with van der Waals surface area (Å²) in [5, 5.41) is 2.70. The van der Waals surface area contributed by atoms with Gasteiger partial charge in [0.1, 0.15) is 18.2 Å². The fourth-order valence-corrected chi connectivity index (χ4v) is 4.13. The zero-order chi connectivity index (χ0) is 15.2. The zero-order valence-corrected chi connectivity index (χ0v) is 13.5. The second-order valence-corrected chi connectivity index (χ2v) is 8.12. The van der Waals surface area contributed by atoms with E-state index in [1.54, 1.807) is 18.0 Å². The first-order valence-electron chi connectivity index (χ1n) is 6.53. The Balaban J connectivity index is 1.74. The number of carbonyl (C=O) groups is 1. The lowest BCUT2D eigenvalue weighted by Crippen LogP contribution is -2.42. The monoisotopic (exact) mass is 332 g/mol. The van der Waals surface area contributed by atoms with Crippen LogP contribution in [0.4, 0.5) is 0 Å². The molecule has 3 aliphatic rings. The van der Waals surface area contributed by atoms with Crippen molar-refractivity contribution in [2.75, 3.05) is 13.7 Å². The molecule has 116 valence electrons. The highest BCUT2D eigenvalue weighted by Gasteiger charge is 2.46. The standard InChI is InChI=1S/C12H17N2O5PS/c1-7-5-14(8(2)13-12(7)15)11-4-9-10(18-11)6-17-20(21,16-3)19-9/h5,9-11H,2,4,6H2,1,3H3,(H,13,15)/t9?,10-,11-,20?/m1/s1. The van der Waals surface area contributed by atoms with Crippen LogP contribution in [0.15, 0.2) is 24.2 Å². The van der Waals surface area contributed by atoms with Crippen LogP contribution in [-0.4, -0.2) is 43.0 Å². The van der Waals surface area contributed by atoms with Crippen molar-refractivity contribution in [1.82, 2.24) is 10.2 Å². The molecule has 3 heterocycles. The lowest BCUT2D eigenvalue weighted by molar-refractivity contribution is -0.119. The first-order chi connectivity index (χ1) is 9.92. The van der Waals surface area contributed by atoms with Gasteiger partial charge in [0, 0.05) is 25.3 Å². The number of hydrogen-bond acceptors (Lipinski definition) is 7. The number of ether oxygens (including phenoxy) is 1. The van der Waals surface area contributed by atoms with Crippen molar-refractivity contribution >= 4 is 24.4 Å². The summed E-state index contributed by atoms with van der Waals surface area (Å²) in [7, 11) is 1.49. The summed E-state index contributed by atoms with van der Waals surface area (Å²) in [6.07, 6.45) is 1.70. The Kier molecular flexibility index (Phi) is 3.94. The van der Waals surface area contributed by atoms with Gasteiger partial charge in [-0.1, -0.05) is 6.58 Å². The molecular weight excluding hydrogens is 315 g/mol. The van der Waals surface area contributed by atoms with Crippen LogP contribution < -0.4 is 5.32 Å². The topological polar surface area (TPSA) is 69.3 Å². The van der Waals surface area contributed by atoms with Gasteiger partial charge in [0.05, 0.1) is 12.7 Å². The molecule has 2 fully saturated rings. The van der Waals surface area contributed by atoms with Gasteiger partial charge in [-0.2, -0.15) is 0 Å². The Morgan fingerprint density at radius 3 is 3.05 bits per heavy atom. The van der Waals surface area contributed by atoms with Crippen LogP contribution in [0.1, 0.15) is 13.3 Å². The van der Waals surface area contributed by atoms with Crippen molar-refractivity contribution in [1.29, 1.82) is 0 Å². The number of rotatable bonds is 2. The molecule has 0 aromatic rings. The minimum Gasteiger partial charge on any atom is -0.350 e. The van der Waals surface area contributed by atoms with Crippen molar-refractivity contribution < 1.29 is 23.1 Å². The second kappa shape index (κ2) is 5.46. The van der Waals surface area contributed by atoms with Gasteiger partial charge in [-0.05, 0) is 18.7 Å². The maximum absolute atomic E-state index is 11.6. The van der Waals surface area contributed by atoms with E-state index in [1.807, 2.05) is 0 Å². The molecule has 9 heteroatoms. The minimum atomic E-state index is -2.64. The second-order valence-electron chi connectivity index (χ2n) is 5.05. The molecule has 1 N–H and O–H groups in total. The highest BCUT2D eigenvalue weighted by molar-refractivity contribution is 8.07. The third-order valence-corrected chi connectivity index (χ3v) is 6.10. The average Bonchev–Trinajstić information content (AvgIpc) is 2.85. The third kappa shape index (κ3) is 2.79. The van der Waals surface area contributed by atoms with Gasteiger partial charge in [0.25, 0.3) is 5.91 Å². The van der Waals surface area contributed by atoms with Crippen LogP contribution in [0.5, 0.6) is 0 Å². The normalized spacial score (nSPS) is 39.8. The highest BCUT2D eigenvalue weighted by Crippen LogP contribution is 2.55. The first-order valence-corrected chi connectivity index (χ1v) is 9.08. The van der Waals surface area contributed by atoms with E-state index in [9.17, 15) is 4.79 Å². The van der Waals surface area contributed by atoms with E-state index in [2.05, 4.69) is 11.9 Å². The molecule has 3 aliphatic heterocycles. The molecule has 0 spiro atoms. The van der Waals surface area contributed by atoms with Crippen molar-refractivity contribution in [3.63, 3.8) is 0 Å². The average molecular weight is 332 g/mol. The minimum absolute atomic E-state index is 0.152. The van der Waals surface area contributed by atoms with Gasteiger partial charge < -0.3 is 28.5 Å². The Bertz CT molecular complexity index is 566. The number of amides is 1. The quantitative estimate of drug-likeness (QED) is 0.762. The molecule has 7 nitrogen and oxygen atoms in total. The molecule has 2 saturated heterocycles. The van der Waals surface area contributed by atoms with E-state index in [-0.39, 0.29) is 24.3 Å². The maximum Gasteiger partial charge on any atom is 0.327 e. The van der Waals surface area contributed by atoms with Gasteiger partial charge in [0.2, 0.25) is 0 Å². The number of nitrogens with one attached hydrogen (secondary N) is 1. The van der Waals surface area contributed by atoms with Crippen LogP contribution in [0.2, 0.25) is 0 Å². The van der Waals surface area contributed by atoms with Gasteiger partial charge in [0.15, 0.2) is 0 Å². The van der Waals surface area contributed by atoms with Crippen molar-refractivity contribution in [2.45, 2.75) is 31.8 Å². The van der Waals surface area contributed by atoms with Crippen LogP contribution >= 0.6 is 6.72 Å². The van der Waals surface area contributed by atoms with E-state index in [4.69, 9.17) is 30.1 Å². The zero-order valence-electron chi connectivity index (χ0n) is 11.8. The summed E-state index contributed by atoms with van der Waals surface area (Å²) in [6.45, 7) is 3.29. The van der Waals surface area contributed by atoms with E-state index in [0.29, 0.717) is 24.4 Å². The van der Waals surface area contributed by atoms with Crippen LogP contribution in [0.3, 0.4) is 0 Å². The van der Waals surface area contributed by atoms with E-state index < -0.39 is 6.72 Å². The first kappa shape index (κ1) is 15.1. The lowest BCUT2D eigenvalue weighted by Gasteiger charge is -2.32. The molecule has 3 rings (SSSR count). The maximum atomic E-state index is 11.6. The van der Waals surface area contributed by atoms with E-state index >= 15 is 0 Å². The van der Waals surface area contributed by atoms with Gasteiger partial charge >= 0.3 is 6.72 Å². The summed E-state index contributed by atoms with van der Waals surface area (Å²) in [6, 6.07) is 0. The SMILES string of the molecule is C=C1NC(=O)C(C)=CN1[C@H]1CC2OP(=S)(OC)OC[C@H]2O1. The van der Waals surface area contributed by atoms with Crippen LogP contribution in [0.25, 0.3) is 0 Å². The summed E-state index contributed by atoms with van der Waals surface area (Å²) < 4.78 is 22.3. The summed E-state index contributed by atoms with van der Waals surface area (Å²) >= 11 is 5.22. The molecule has 2 unspecified atom stereocenters. The van der Waals surface area contributed by atoms with Crippen LogP contribution in [0, 0.1) is 0 Å². The Morgan fingerprint density at radius 1 is 1.57 bits per heavy atom. The summed E-state index contributed by atoms with van der Waals surface area (Å²) in [5.74, 6) is 0.336. The molecule has 0 saturated carbocycles. The predicted octanol–water partition coefficient (Wildman–Crippen LogP) is 1.19. The number of nitrogens with zero attached hydrogens (tertiary/aromatic N) is 1.